The molecule has 0 fully saturated rings. The van der Waals surface area contributed by atoms with Gasteiger partial charge in [0.2, 0.25) is 0 Å². The summed E-state index contributed by atoms with van der Waals surface area (Å²) < 4.78 is 25.5. The highest BCUT2D eigenvalue weighted by molar-refractivity contribution is 5.84. The molecule has 0 aromatic carbocycles. The van der Waals surface area contributed by atoms with E-state index in [1.54, 1.807) is 48.5 Å². The molecule has 0 rings (SSSR count). The molecule has 11 heteroatoms. The van der Waals surface area contributed by atoms with Gasteiger partial charge in [-0.25, -0.2) is 19.8 Å². The minimum absolute atomic E-state index is 0.0192. The number of esters is 1. The van der Waals surface area contributed by atoms with E-state index in [1.807, 2.05) is 0 Å². The number of carbonyl (C=O) groups is 3. The van der Waals surface area contributed by atoms with Gasteiger partial charge in [0.1, 0.15) is 11.2 Å². The van der Waals surface area contributed by atoms with E-state index in [2.05, 4.69) is 5.43 Å². The van der Waals surface area contributed by atoms with Crippen molar-refractivity contribution in [3.05, 3.63) is 0 Å². The van der Waals surface area contributed by atoms with Crippen molar-refractivity contribution in [2.24, 2.45) is 0 Å². The standard InChI is InChI=1S/C19H36N2O9/c1-10-28-15(23)14(12(22)11-13(26-8)27-9)21(17(25)30-19(5,6)7)20-16(24)29-18(2,3)4/h12-14,22H,10-11H2,1-9H3,(H,20,24)/t12-,14-/m0/s1. The molecule has 0 radical (unpaired) electrons. The van der Waals surface area contributed by atoms with Crippen LogP contribution in [0.25, 0.3) is 0 Å². The predicted molar refractivity (Wildman–Crippen MR) is 106 cm³/mol. The first-order chi connectivity index (χ1) is 13.6. The molecule has 176 valence electrons. The van der Waals surface area contributed by atoms with Gasteiger partial charge in [-0.15, -0.1) is 0 Å². The number of hydrazine groups is 1. The summed E-state index contributed by atoms with van der Waals surface area (Å²) >= 11 is 0. The Hall–Kier alpha value is -2.11. The highest BCUT2D eigenvalue weighted by Crippen LogP contribution is 2.18. The van der Waals surface area contributed by atoms with Gasteiger partial charge in [-0.2, -0.15) is 5.01 Å². The summed E-state index contributed by atoms with van der Waals surface area (Å²) in [6.07, 6.45) is -4.72. The minimum Gasteiger partial charge on any atom is -0.464 e. The van der Waals surface area contributed by atoms with Gasteiger partial charge >= 0.3 is 18.2 Å². The van der Waals surface area contributed by atoms with Gasteiger partial charge in [-0.05, 0) is 48.5 Å². The summed E-state index contributed by atoms with van der Waals surface area (Å²) in [4.78, 5) is 37.7. The van der Waals surface area contributed by atoms with Crippen LogP contribution in [0.4, 0.5) is 9.59 Å². The molecule has 0 aromatic heterocycles. The molecule has 0 saturated carbocycles. The second-order valence-corrected chi connectivity index (χ2v) is 8.36. The van der Waals surface area contributed by atoms with Crippen molar-refractivity contribution in [2.45, 2.75) is 84.5 Å². The molecule has 2 atom stereocenters. The van der Waals surface area contributed by atoms with Crippen LogP contribution < -0.4 is 5.43 Å². The van der Waals surface area contributed by atoms with E-state index in [0.29, 0.717) is 5.01 Å². The maximum atomic E-state index is 12.8. The third-order valence-corrected chi connectivity index (χ3v) is 3.33. The predicted octanol–water partition coefficient (Wildman–Crippen LogP) is 1.96. The fourth-order valence-corrected chi connectivity index (χ4v) is 2.22. The van der Waals surface area contributed by atoms with E-state index < -0.39 is 47.8 Å². The smallest absolute Gasteiger partial charge is 0.430 e. The van der Waals surface area contributed by atoms with E-state index in [0.717, 1.165) is 0 Å². The number of amides is 2. The molecule has 2 N–H and O–H groups in total. The van der Waals surface area contributed by atoms with Crippen molar-refractivity contribution in [2.75, 3.05) is 20.8 Å². The van der Waals surface area contributed by atoms with Gasteiger partial charge in [-0.1, -0.05) is 0 Å². The van der Waals surface area contributed by atoms with E-state index in [-0.39, 0.29) is 13.0 Å². The quantitative estimate of drug-likeness (QED) is 0.253. The molecule has 0 aliphatic heterocycles. The summed E-state index contributed by atoms with van der Waals surface area (Å²) in [6.45, 7) is 11.3. The van der Waals surface area contributed by atoms with Crippen molar-refractivity contribution < 1.29 is 43.2 Å². The molecule has 0 aliphatic carbocycles. The van der Waals surface area contributed by atoms with Gasteiger partial charge in [0.05, 0.1) is 12.7 Å². The SMILES string of the molecule is CCOC(=O)[C@H]([C@@H](O)CC(OC)OC)N(NC(=O)OC(C)(C)C)C(=O)OC(C)(C)C. The highest BCUT2D eigenvalue weighted by atomic mass is 16.7. The first kappa shape index (κ1) is 27.9. The minimum atomic E-state index is -1.65. The zero-order chi connectivity index (χ0) is 23.7. The lowest BCUT2D eigenvalue weighted by Gasteiger charge is -2.35. The second-order valence-electron chi connectivity index (χ2n) is 8.36. The van der Waals surface area contributed by atoms with Crippen LogP contribution in [0.3, 0.4) is 0 Å². The average Bonchev–Trinajstić information content (AvgIpc) is 2.56. The number of carbonyl (C=O) groups excluding carboxylic acids is 3. The van der Waals surface area contributed by atoms with Gasteiger partial charge in [-0.3, -0.25) is 0 Å². The number of nitrogens with zero attached hydrogens (tertiary/aromatic N) is 1. The number of rotatable bonds is 8. The van der Waals surface area contributed by atoms with Crippen LogP contribution in [0.2, 0.25) is 0 Å². The van der Waals surface area contributed by atoms with Crippen molar-refractivity contribution in [3.8, 4) is 0 Å². The maximum absolute atomic E-state index is 12.8. The Labute approximate surface area is 177 Å². The number of hydrogen-bond donors (Lipinski definition) is 2. The Kier molecular flexibility index (Phi) is 11.1. The molecule has 0 unspecified atom stereocenters. The van der Waals surface area contributed by atoms with Crippen LogP contribution in [0.1, 0.15) is 54.9 Å². The molecule has 0 bridgehead atoms. The normalized spacial score (nSPS) is 14.0. The average molecular weight is 437 g/mol. The van der Waals surface area contributed by atoms with Crippen LogP contribution in [0.15, 0.2) is 0 Å². The number of methoxy groups -OCH3 is 2. The first-order valence-corrected chi connectivity index (χ1v) is 9.57. The first-order valence-electron chi connectivity index (χ1n) is 9.57. The Bertz CT molecular complexity index is 565. The summed E-state index contributed by atoms with van der Waals surface area (Å²) in [5.41, 5.74) is 0.357. The number of aliphatic hydroxyl groups is 1. The molecule has 0 aromatic rings. The number of nitrogens with one attached hydrogen (secondary N) is 1. The number of hydrogen-bond acceptors (Lipinski definition) is 9. The Morgan fingerprint density at radius 3 is 1.87 bits per heavy atom. The van der Waals surface area contributed by atoms with Gasteiger partial charge in [0.25, 0.3) is 0 Å². The monoisotopic (exact) mass is 436 g/mol. The summed E-state index contributed by atoms with van der Waals surface area (Å²) in [5, 5.41) is 11.3. The molecule has 11 nitrogen and oxygen atoms in total. The van der Waals surface area contributed by atoms with Crippen molar-refractivity contribution in [1.29, 1.82) is 0 Å². The topological polar surface area (TPSA) is 133 Å². The van der Waals surface area contributed by atoms with Crippen molar-refractivity contribution in [1.82, 2.24) is 10.4 Å². The lowest BCUT2D eigenvalue weighted by atomic mass is 10.1. The lowest BCUT2D eigenvalue weighted by Crippen LogP contribution is -2.61. The summed E-state index contributed by atoms with van der Waals surface area (Å²) in [7, 11) is 2.70. The number of ether oxygens (including phenoxy) is 5. The zero-order valence-corrected chi connectivity index (χ0v) is 19.3. The van der Waals surface area contributed by atoms with Crippen LogP contribution in [-0.4, -0.2) is 78.7 Å². The van der Waals surface area contributed by atoms with E-state index in [9.17, 15) is 19.5 Å². The van der Waals surface area contributed by atoms with Crippen LogP contribution in [0.5, 0.6) is 0 Å². The molecule has 0 heterocycles. The van der Waals surface area contributed by atoms with Gasteiger partial charge < -0.3 is 28.8 Å². The fraction of sp³-hybridized carbons (Fsp3) is 0.842. The largest absolute Gasteiger partial charge is 0.464 e. The molecule has 2 amide bonds. The van der Waals surface area contributed by atoms with Crippen LogP contribution in [-0.2, 0) is 28.5 Å². The molecule has 0 spiro atoms. The van der Waals surface area contributed by atoms with E-state index in [1.165, 1.54) is 14.2 Å². The summed E-state index contributed by atoms with van der Waals surface area (Å²) in [5.74, 6) is -0.960. The fourth-order valence-electron chi connectivity index (χ4n) is 2.22. The lowest BCUT2D eigenvalue weighted by molar-refractivity contribution is -0.162. The van der Waals surface area contributed by atoms with Crippen LogP contribution in [0, 0.1) is 0 Å². The third-order valence-electron chi connectivity index (χ3n) is 3.33. The van der Waals surface area contributed by atoms with Crippen molar-refractivity contribution >= 4 is 18.2 Å². The maximum Gasteiger partial charge on any atom is 0.430 e. The highest BCUT2D eigenvalue weighted by Gasteiger charge is 2.42. The second kappa shape index (κ2) is 11.9. The molecule has 0 saturated heterocycles. The van der Waals surface area contributed by atoms with Crippen LogP contribution >= 0.6 is 0 Å². The molecular formula is C19H36N2O9. The van der Waals surface area contributed by atoms with Gasteiger partial charge in [0, 0.05) is 20.6 Å². The zero-order valence-electron chi connectivity index (χ0n) is 19.3. The third kappa shape index (κ3) is 10.6. The van der Waals surface area contributed by atoms with E-state index >= 15 is 0 Å². The Morgan fingerprint density at radius 2 is 1.47 bits per heavy atom. The molecular weight excluding hydrogens is 400 g/mol. The van der Waals surface area contributed by atoms with Crippen molar-refractivity contribution in [3.63, 3.8) is 0 Å². The molecule has 0 aliphatic rings. The number of aliphatic hydroxyl groups excluding tert-OH is 1. The van der Waals surface area contributed by atoms with E-state index in [4.69, 9.17) is 23.7 Å². The Morgan fingerprint density at radius 1 is 0.967 bits per heavy atom. The Balaban J connectivity index is 5.99. The summed E-state index contributed by atoms with van der Waals surface area (Å²) in [6, 6.07) is -1.65. The van der Waals surface area contributed by atoms with Gasteiger partial charge in [0.15, 0.2) is 12.3 Å². The molecule has 30 heavy (non-hydrogen) atoms.